The minimum atomic E-state index is -4.18. The number of hydrogen-bond acceptors (Lipinski definition) is 4. The summed E-state index contributed by atoms with van der Waals surface area (Å²) in [4.78, 5) is 11.9. The monoisotopic (exact) mass is 390 g/mol. The zero-order chi connectivity index (χ0) is 19.6. The van der Waals surface area contributed by atoms with Crippen LogP contribution in [0.15, 0.2) is 76.8 Å². The van der Waals surface area contributed by atoms with Crippen LogP contribution >= 0.6 is 0 Å². The molecule has 1 aromatic heterocycles. The van der Waals surface area contributed by atoms with Crippen LogP contribution in [0.2, 0.25) is 0 Å². The number of halogens is 2. The number of nitrogens with zero attached hydrogens (tertiary/aromatic N) is 1. The van der Waals surface area contributed by atoms with Gasteiger partial charge >= 0.3 is 5.03 Å². The van der Waals surface area contributed by atoms with Crippen LogP contribution < -0.4 is 10.0 Å². The summed E-state index contributed by atoms with van der Waals surface area (Å²) in [5, 5.41) is 14.0. The highest BCUT2D eigenvalue weighted by Gasteiger charge is 2.27. The van der Waals surface area contributed by atoms with Gasteiger partial charge in [0.25, 0.3) is 15.7 Å². The van der Waals surface area contributed by atoms with Crippen LogP contribution in [-0.2, 0) is 9.84 Å². The van der Waals surface area contributed by atoms with Crippen molar-refractivity contribution >= 4 is 21.4 Å². The molecule has 0 aliphatic rings. The first-order valence-corrected chi connectivity index (χ1v) is 9.06. The summed E-state index contributed by atoms with van der Waals surface area (Å²) in [5.41, 5.74) is 0.217. The van der Waals surface area contributed by atoms with Gasteiger partial charge in [0.1, 0.15) is 17.2 Å². The second-order valence-corrected chi connectivity index (χ2v) is 7.40. The predicted molar refractivity (Wildman–Crippen MR) is 91.6 cm³/mol. The molecule has 2 aromatic carbocycles. The quantitative estimate of drug-likeness (QED) is 0.421. The molecule has 138 valence electrons. The lowest BCUT2D eigenvalue weighted by atomic mass is 10.2. The Morgan fingerprint density at radius 2 is 1.44 bits per heavy atom. The standard InChI is InChI=1S/C18H12F2N2O4S/c19-13-2-6-15(7-3-13)21-18(23)12-1-10-17(22(24)11-12)27(25,26)16-8-4-14(20)5-9-16/h1-11H,(H,21,23). The summed E-state index contributed by atoms with van der Waals surface area (Å²) in [5.74, 6) is -1.76. The van der Waals surface area contributed by atoms with Gasteiger partial charge in [0.15, 0.2) is 6.20 Å². The first-order chi connectivity index (χ1) is 12.8. The third-order valence-corrected chi connectivity index (χ3v) is 5.40. The van der Waals surface area contributed by atoms with Gasteiger partial charge in [-0.25, -0.2) is 17.2 Å². The number of anilines is 1. The van der Waals surface area contributed by atoms with Gasteiger partial charge in [0, 0.05) is 11.8 Å². The average Bonchev–Trinajstić information content (AvgIpc) is 2.63. The van der Waals surface area contributed by atoms with Gasteiger partial charge in [-0.1, -0.05) is 0 Å². The van der Waals surface area contributed by atoms with Gasteiger partial charge in [0.05, 0.1) is 4.90 Å². The normalized spacial score (nSPS) is 11.2. The third kappa shape index (κ3) is 3.93. The third-order valence-electron chi connectivity index (χ3n) is 3.64. The molecule has 0 fully saturated rings. The number of carbonyl (C=O) groups is 1. The van der Waals surface area contributed by atoms with Crippen molar-refractivity contribution in [1.82, 2.24) is 0 Å². The number of rotatable bonds is 4. The molecule has 1 N–H and O–H groups in total. The molecular weight excluding hydrogens is 378 g/mol. The SMILES string of the molecule is O=C(Nc1ccc(F)cc1)c1ccc(S(=O)(=O)c2ccc(F)cc2)[n+]([O-])c1. The van der Waals surface area contributed by atoms with E-state index in [1.165, 1.54) is 18.2 Å². The van der Waals surface area contributed by atoms with Crippen LogP contribution in [0.1, 0.15) is 10.4 Å². The smallest absolute Gasteiger partial charge is 0.313 e. The first kappa shape index (κ1) is 18.5. The van der Waals surface area contributed by atoms with Crippen LogP contribution in [0.3, 0.4) is 0 Å². The summed E-state index contributed by atoms with van der Waals surface area (Å²) in [7, 11) is -4.18. The van der Waals surface area contributed by atoms with E-state index in [-0.39, 0.29) is 15.2 Å². The van der Waals surface area contributed by atoms with E-state index in [1.807, 2.05) is 0 Å². The van der Waals surface area contributed by atoms with Crippen molar-refractivity contribution in [1.29, 1.82) is 0 Å². The topological polar surface area (TPSA) is 90.2 Å². The molecule has 1 heterocycles. The van der Waals surface area contributed by atoms with Gasteiger partial charge in [-0.05, 0) is 54.6 Å². The fourth-order valence-electron chi connectivity index (χ4n) is 2.28. The highest BCUT2D eigenvalue weighted by atomic mass is 32.2. The Balaban J connectivity index is 1.88. The molecule has 0 atom stereocenters. The van der Waals surface area contributed by atoms with E-state index in [2.05, 4.69) is 5.32 Å². The fraction of sp³-hybridized carbons (Fsp3) is 0. The Kier molecular flexibility index (Phi) is 4.87. The van der Waals surface area contributed by atoms with Crippen molar-refractivity contribution in [2.75, 3.05) is 5.32 Å². The molecule has 27 heavy (non-hydrogen) atoms. The molecule has 0 saturated carbocycles. The second kappa shape index (κ2) is 7.12. The Morgan fingerprint density at radius 1 is 0.889 bits per heavy atom. The summed E-state index contributed by atoms with van der Waals surface area (Å²) in [6.07, 6.45) is 0.815. The minimum absolute atomic E-state index is 0.0538. The van der Waals surface area contributed by atoms with Gasteiger partial charge in [-0.2, -0.15) is 4.73 Å². The van der Waals surface area contributed by atoms with Crippen LogP contribution in [0.25, 0.3) is 0 Å². The Labute approximate surface area is 153 Å². The van der Waals surface area contributed by atoms with Crippen LogP contribution in [-0.4, -0.2) is 14.3 Å². The number of sulfone groups is 1. The molecular formula is C18H12F2N2O4S. The summed E-state index contributed by atoms with van der Waals surface area (Å²) in [6, 6.07) is 11.2. The first-order valence-electron chi connectivity index (χ1n) is 7.58. The average molecular weight is 390 g/mol. The highest BCUT2D eigenvalue weighted by Crippen LogP contribution is 2.19. The lowest BCUT2D eigenvalue weighted by Crippen LogP contribution is -2.35. The number of hydrogen-bond donors (Lipinski definition) is 1. The zero-order valence-corrected chi connectivity index (χ0v) is 14.4. The lowest BCUT2D eigenvalue weighted by Gasteiger charge is -2.08. The van der Waals surface area contributed by atoms with Crippen molar-refractivity contribution in [3.05, 3.63) is 89.3 Å². The van der Waals surface area contributed by atoms with E-state index in [1.54, 1.807) is 0 Å². The number of aromatic nitrogens is 1. The molecule has 0 unspecified atom stereocenters. The maximum absolute atomic E-state index is 13.0. The van der Waals surface area contributed by atoms with Crippen molar-refractivity contribution in [3.8, 4) is 0 Å². The predicted octanol–water partition coefficient (Wildman–Crippen LogP) is 2.68. The van der Waals surface area contributed by atoms with Gasteiger partial charge in [-0.15, -0.1) is 0 Å². The molecule has 0 aliphatic heterocycles. The number of amides is 1. The Hall–Kier alpha value is -3.33. The van der Waals surface area contributed by atoms with Gasteiger partial charge in [0.2, 0.25) is 0 Å². The number of pyridine rings is 1. The molecule has 6 nitrogen and oxygen atoms in total. The Morgan fingerprint density at radius 3 is 2.00 bits per heavy atom. The van der Waals surface area contributed by atoms with Crippen LogP contribution in [0, 0.1) is 16.8 Å². The second-order valence-electron chi connectivity index (χ2n) is 5.50. The summed E-state index contributed by atoms with van der Waals surface area (Å²) >= 11 is 0. The molecule has 0 radical (unpaired) electrons. The van der Waals surface area contributed by atoms with Gasteiger partial charge in [-0.3, -0.25) is 4.79 Å². The van der Waals surface area contributed by atoms with Crippen LogP contribution in [0.5, 0.6) is 0 Å². The maximum Gasteiger partial charge on any atom is 0.313 e. The van der Waals surface area contributed by atoms with Crippen molar-refractivity contribution in [3.63, 3.8) is 0 Å². The maximum atomic E-state index is 13.0. The lowest BCUT2D eigenvalue weighted by molar-refractivity contribution is -0.646. The number of carbonyl (C=O) groups excluding carboxylic acids is 1. The number of nitrogens with one attached hydrogen (secondary N) is 1. The summed E-state index contributed by atoms with van der Waals surface area (Å²) < 4.78 is 50.9. The molecule has 0 spiro atoms. The summed E-state index contributed by atoms with van der Waals surface area (Å²) in [6.45, 7) is 0. The van der Waals surface area contributed by atoms with E-state index < -0.39 is 32.4 Å². The van der Waals surface area contributed by atoms with Crippen LogP contribution in [0.4, 0.5) is 14.5 Å². The minimum Gasteiger partial charge on any atom is -0.618 e. The van der Waals surface area contributed by atoms with Crippen molar-refractivity contribution < 1.29 is 26.7 Å². The highest BCUT2D eigenvalue weighted by molar-refractivity contribution is 7.91. The van der Waals surface area contributed by atoms with E-state index >= 15 is 0 Å². The molecule has 0 aliphatic carbocycles. The van der Waals surface area contributed by atoms with Crippen molar-refractivity contribution in [2.45, 2.75) is 9.92 Å². The van der Waals surface area contributed by atoms with Gasteiger partial charge < -0.3 is 10.5 Å². The molecule has 3 rings (SSSR count). The molecule has 9 heteroatoms. The largest absolute Gasteiger partial charge is 0.618 e. The van der Waals surface area contributed by atoms with E-state index in [9.17, 15) is 27.2 Å². The van der Waals surface area contributed by atoms with E-state index in [0.717, 1.165) is 48.7 Å². The van der Waals surface area contributed by atoms with E-state index in [0.29, 0.717) is 5.69 Å². The molecule has 0 saturated heterocycles. The molecule has 1 amide bonds. The number of benzene rings is 2. The molecule has 0 bridgehead atoms. The fourth-order valence-corrected chi connectivity index (χ4v) is 3.55. The van der Waals surface area contributed by atoms with E-state index in [4.69, 9.17) is 0 Å². The van der Waals surface area contributed by atoms with Crippen molar-refractivity contribution in [2.24, 2.45) is 0 Å². The molecule has 3 aromatic rings. The Bertz CT molecular complexity index is 1100. The zero-order valence-electron chi connectivity index (χ0n) is 13.6.